The van der Waals surface area contributed by atoms with Gasteiger partial charge in [-0.05, 0) is 24.5 Å². The van der Waals surface area contributed by atoms with Gasteiger partial charge in [0.15, 0.2) is 0 Å². The molecule has 2 aromatic rings. The Morgan fingerprint density at radius 1 is 1.40 bits per heavy atom. The summed E-state index contributed by atoms with van der Waals surface area (Å²) < 4.78 is 7.45. The van der Waals surface area contributed by atoms with E-state index in [-0.39, 0.29) is 0 Å². The maximum Gasteiger partial charge on any atom is 0.0813 e. The fourth-order valence-electron chi connectivity index (χ4n) is 2.18. The molecule has 1 aromatic carbocycles. The third kappa shape index (κ3) is 1.65. The molecule has 1 aromatic heterocycles. The third-order valence-electron chi connectivity index (χ3n) is 3.12. The molecule has 0 aliphatic carbocycles. The number of fused-ring (bicyclic) bond motifs is 1. The first-order valence-electron chi connectivity index (χ1n) is 5.49. The van der Waals surface area contributed by atoms with Gasteiger partial charge in [-0.2, -0.15) is 0 Å². The fourth-order valence-corrected chi connectivity index (χ4v) is 2.18. The van der Waals surface area contributed by atoms with E-state index in [0.29, 0.717) is 6.10 Å². The molecule has 78 valence electrons. The van der Waals surface area contributed by atoms with Crippen molar-refractivity contribution >= 4 is 10.9 Å². The lowest BCUT2D eigenvalue weighted by Crippen LogP contribution is -1.90. The monoisotopic (exact) mass is 201 g/mol. The first-order chi connectivity index (χ1) is 7.34. The van der Waals surface area contributed by atoms with Gasteiger partial charge in [0.05, 0.1) is 12.7 Å². The Bertz CT molecular complexity index is 482. The molecule has 15 heavy (non-hydrogen) atoms. The van der Waals surface area contributed by atoms with Crippen LogP contribution in [0.1, 0.15) is 12.0 Å². The number of hydrogen-bond donors (Lipinski definition) is 0. The van der Waals surface area contributed by atoms with Crippen molar-refractivity contribution in [2.45, 2.75) is 18.9 Å². The Morgan fingerprint density at radius 2 is 2.20 bits per heavy atom. The molecule has 1 aliphatic rings. The number of ether oxygens (including phenoxy) is 1. The summed E-state index contributed by atoms with van der Waals surface area (Å²) in [5.74, 6) is 0. The zero-order valence-corrected chi connectivity index (χ0v) is 8.94. The first-order valence-corrected chi connectivity index (χ1v) is 5.49. The van der Waals surface area contributed by atoms with Crippen LogP contribution in [0.5, 0.6) is 0 Å². The smallest absolute Gasteiger partial charge is 0.0813 e. The summed E-state index contributed by atoms with van der Waals surface area (Å²) in [6.07, 6.45) is 5.07. The molecule has 1 aliphatic heterocycles. The molecule has 1 fully saturated rings. The van der Waals surface area contributed by atoms with Crippen molar-refractivity contribution in [2.75, 3.05) is 6.61 Å². The highest BCUT2D eigenvalue weighted by Crippen LogP contribution is 2.24. The zero-order valence-electron chi connectivity index (χ0n) is 8.94. The van der Waals surface area contributed by atoms with Crippen LogP contribution in [-0.2, 0) is 18.2 Å². The van der Waals surface area contributed by atoms with Crippen LogP contribution in [-0.4, -0.2) is 17.3 Å². The van der Waals surface area contributed by atoms with Crippen LogP contribution < -0.4 is 0 Å². The summed E-state index contributed by atoms with van der Waals surface area (Å²) in [5.41, 5.74) is 2.77. The van der Waals surface area contributed by atoms with Gasteiger partial charge in [-0.25, -0.2) is 0 Å². The Kier molecular flexibility index (Phi) is 2.03. The molecular weight excluding hydrogens is 186 g/mol. The number of rotatable bonds is 3. The minimum atomic E-state index is 0.531. The molecule has 0 N–H and O–H groups in total. The largest absolute Gasteiger partial charge is 0.373 e. The molecule has 0 bridgehead atoms. The molecule has 2 heterocycles. The third-order valence-corrected chi connectivity index (χ3v) is 3.12. The van der Waals surface area contributed by atoms with Crippen molar-refractivity contribution in [3.8, 4) is 0 Å². The van der Waals surface area contributed by atoms with E-state index in [0.717, 1.165) is 19.4 Å². The summed E-state index contributed by atoms with van der Waals surface area (Å²) >= 11 is 0. The zero-order chi connectivity index (χ0) is 10.3. The van der Waals surface area contributed by atoms with Crippen LogP contribution in [0.4, 0.5) is 0 Å². The van der Waals surface area contributed by atoms with E-state index >= 15 is 0 Å². The first kappa shape index (κ1) is 8.98. The molecule has 0 spiro atoms. The van der Waals surface area contributed by atoms with Crippen LogP contribution in [0.2, 0.25) is 0 Å². The number of epoxide rings is 1. The number of benzene rings is 1. The maximum atomic E-state index is 5.24. The van der Waals surface area contributed by atoms with E-state index < -0.39 is 0 Å². The van der Waals surface area contributed by atoms with Gasteiger partial charge in [-0.1, -0.05) is 18.2 Å². The lowest BCUT2D eigenvalue weighted by molar-refractivity contribution is 0.397. The lowest BCUT2D eigenvalue weighted by Gasteiger charge is -1.96. The van der Waals surface area contributed by atoms with Gasteiger partial charge < -0.3 is 9.30 Å². The minimum Gasteiger partial charge on any atom is -0.373 e. The fraction of sp³-hybridized carbons (Fsp3) is 0.385. The van der Waals surface area contributed by atoms with Crippen molar-refractivity contribution in [3.05, 3.63) is 36.0 Å². The van der Waals surface area contributed by atoms with E-state index in [9.17, 15) is 0 Å². The number of hydrogen-bond acceptors (Lipinski definition) is 1. The van der Waals surface area contributed by atoms with E-state index in [1.165, 1.54) is 16.5 Å². The van der Waals surface area contributed by atoms with Crippen LogP contribution in [0.25, 0.3) is 10.9 Å². The van der Waals surface area contributed by atoms with Crippen molar-refractivity contribution in [2.24, 2.45) is 7.05 Å². The summed E-state index contributed by atoms with van der Waals surface area (Å²) in [4.78, 5) is 0. The van der Waals surface area contributed by atoms with Crippen LogP contribution in [0, 0.1) is 0 Å². The van der Waals surface area contributed by atoms with E-state index in [1.54, 1.807) is 0 Å². The standard InChI is InChI=1S/C13H15NO/c1-14-8-10(6-7-11-9-15-11)12-4-2-3-5-13(12)14/h2-5,8,11H,6-7,9H2,1H3. The SMILES string of the molecule is Cn1cc(CCC2CO2)c2ccccc21. The number of nitrogens with zero attached hydrogens (tertiary/aromatic N) is 1. The lowest BCUT2D eigenvalue weighted by atomic mass is 10.1. The van der Waals surface area contributed by atoms with Crippen molar-refractivity contribution < 1.29 is 4.74 Å². The Hall–Kier alpha value is -1.28. The van der Waals surface area contributed by atoms with Crippen LogP contribution in [0.3, 0.4) is 0 Å². The summed E-state index contributed by atoms with van der Waals surface area (Å²) in [7, 11) is 2.11. The van der Waals surface area contributed by atoms with E-state index in [2.05, 4.69) is 42.1 Å². The molecular formula is C13H15NO. The molecule has 2 heteroatoms. The second-order valence-corrected chi connectivity index (χ2v) is 4.28. The van der Waals surface area contributed by atoms with Gasteiger partial charge in [-0.15, -0.1) is 0 Å². The maximum absolute atomic E-state index is 5.24. The van der Waals surface area contributed by atoms with Gasteiger partial charge in [0.2, 0.25) is 0 Å². The van der Waals surface area contributed by atoms with Crippen molar-refractivity contribution in [1.82, 2.24) is 4.57 Å². The summed E-state index contributed by atoms with van der Waals surface area (Å²) in [5, 5.41) is 1.39. The molecule has 1 unspecified atom stereocenters. The highest BCUT2D eigenvalue weighted by atomic mass is 16.6. The Labute approximate surface area is 89.5 Å². The predicted octanol–water partition coefficient (Wildman–Crippen LogP) is 2.51. The number of para-hydroxylation sites is 1. The van der Waals surface area contributed by atoms with Crippen molar-refractivity contribution in [1.29, 1.82) is 0 Å². The second kappa shape index (κ2) is 3.38. The quantitative estimate of drug-likeness (QED) is 0.697. The van der Waals surface area contributed by atoms with Gasteiger partial charge >= 0.3 is 0 Å². The average molecular weight is 201 g/mol. The topological polar surface area (TPSA) is 17.5 Å². The van der Waals surface area contributed by atoms with Gasteiger partial charge in [0, 0.05) is 24.1 Å². The molecule has 0 radical (unpaired) electrons. The van der Waals surface area contributed by atoms with Gasteiger partial charge in [0.25, 0.3) is 0 Å². The molecule has 1 saturated heterocycles. The highest BCUT2D eigenvalue weighted by Gasteiger charge is 2.22. The number of aryl methyl sites for hydroxylation is 2. The predicted molar refractivity (Wildman–Crippen MR) is 61.0 cm³/mol. The van der Waals surface area contributed by atoms with Crippen LogP contribution >= 0.6 is 0 Å². The second-order valence-electron chi connectivity index (χ2n) is 4.28. The summed E-state index contributed by atoms with van der Waals surface area (Å²) in [6, 6.07) is 8.58. The average Bonchev–Trinajstić information content (AvgIpc) is 3.03. The summed E-state index contributed by atoms with van der Waals surface area (Å²) in [6.45, 7) is 0.963. The van der Waals surface area contributed by atoms with Crippen molar-refractivity contribution in [3.63, 3.8) is 0 Å². The molecule has 0 amide bonds. The van der Waals surface area contributed by atoms with Gasteiger partial charge in [0.1, 0.15) is 0 Å². The van der Waals surface area contributed by atoms with Gasteiger partial charge in [-0.3, -0.25) is 0 Å². The Morgan fingerprint density at radius 3 is 3.00 bits per heavy atom. The molecule has 1 atom stereocenters. The molecule has 0 saturated carbocycles. The van der Waals surface area contributed by atoms with Crippen LogP contribution in [0.15, 0.2) is 30.5 Å². The molecule has 3 rings (SSSR count). The molecule has 2 nitrogen and oxygen atoms in total. The number of aromatic nitrogens is 1. The normalized spacial score (nSPS) is 19.7. The minimum absolute atomic E-state index is 0.531. The highest BCUT2D eigenvalue weighted by molar-refractivity contribution is 5.83. The van der Waals surface area contributed by atoms with E-state index in [4.69, 9.17) is 4.74 Å². The van der Waals surface area contributed by atoms with E-state index in [1.807, 2.05) is 0 Å². The Balaban J connectivity index is 1.94.